The zero-order valence-electron chi connectivity index (χ0n) is 9.48. The van der Waals surface area contributed by atoms with Crippen molar-refractivity contribution in [3.8, 4) is 0 Å². The SMILES string of the molecule is CN(C)[C@]1(c2ccccc2)CCCC1O. The molecule has 1 unspecified atom stereocenters. The van der Waals surface area contributed by atoms with Gasteiger partial charge in [-0.05, 0) is 38.9 Å². The van der Waals surface area contributed by atoms with Crippen LogP contribution in [0.5, 0.6) is 0 Å². The van der Waals surface area contributed by atoms with Gasteiger partial charge in [-0.25, -0.2) is 0 Å². The average molecular weight is 205 g/mol. The molecule has 82 valence electrons. The lowest BCUT2D eigenvalue weighted by Crippen LogP contribution is -2.47. The number of benzene rings is 1. The van der Waals surface area contributed by atoms with Gasteiger partial charge >= 0.3 is 0 Å². The topological polar surface area (TPSA) is 23.5 Å². The van der Waals surface area contributed by atoms with Crippen molar-refractivity contribution >= 4 is 0 Å². The lowest BCUT2D eigenvalue weighted by Gasteiger charge is -2.39. The van der Waals surface area contributed by atoms with Crippen molar-refractivity contribution < 1.29 is 5.11 Å². The molecule has 2 nitrogen and oxygen atoms in total. The number of hydrogen-bond donors (Lipinski definition) is 1. The van der Waals surface area contributed by atoms with Crippen LogP contribution in [0.25, 0.3) is 0 Å². The van der Waals surface area contributed by atoms with Gasteiger partial charge in [-0.15, -0.1) is 0 Å². The second-order valence-corrected chi connectivity index (χ2v) is 4.59. The average Bonchev–Trinajstić information content (AvgIpc) is 2.62. The van der Waals surface area contributed by atoms with Crippen LogP contribution in [0.2, 0.25) is 0 Å². The molecule has 0 amide bonds. The van der Waals surface area contributed by atoms with Crippen LogP contribution in [0.1, 0.15) is 24.8 Å². The highest BCUT2D eigenvalue weighted by molar-refractivity contribution is 5.27. The molecule has 0 aromatic heterocycles. The first-order valence-corrected chi connectivity index (χ1v) is 5.59. The van der Waals surface area contributed by atoms with E-state index in [0.29, 0.717) is 0 Å². The summed E-state index contributed by atoms with van der Waals surface area (Å²) < 4.78 is 0. The maximum Gasteiger partial charge on any atom is 0.0765 e. The summed E-state index contributed by atoms with van der Waals surface area (Å²) in [5, 5.41) is 10.2. The summed E-state index contributed by atoms with van der Waals surface area (Å²) >= 11 is 0. The quantitative estimate of drug-likeness (QED) is 0.798. The smallest absolute Gasteiger partial charge is 0.0765 e. The Bertz CT molecular complexity index is 323. The summed E-state index contributed by atoms with van der Waals surface area (Å²) in [6.07, 6.45) is 2.82. The highest BCUT2D eigenvalue weighted by Gasteiger charge is 2.45. The predicted octanol–water partition coefficient (Wildman–Crippen LogP) is 1.99. The Hall–Kier alpha value is -0.860. The first-order chi connectivity index (χ1) is 7.18. The van der Waals surface area contributed by atoms with Gasteiger partial charge in [-0.2, -0.15) is 0 Å². The van der Waals surface area contributed by atoms with Crippen LogP contribution in [0.4, 0.5) is 0 Å². The van der Waals surface area contributed by atoms with Gasteiger partial charge in [0, 0.05) is 0 Å². The molecule has 0 heterocycles. The fraction of sp³-hybridized carbons (Fsp3) is 0.538. The third kappa shape index (κ3) is 1.58. The van der Waals surface area contributed by atoms with E-state index in [2.05, 4.69) is 31.1 Å². The van der Waals surface area contributed by atoms with Crippen molar-refractivity contribution in [2.45, 2.75) is 30.9 Å². The molecule has 1 aliphatic carbocycles. The predicted molar refractivity (Wildman–Crippen MR) is 61.7 cm³/mol. The molecular formula is C13H19NO. The summed E-state index contributed by atoms with van der Waals surface area (Å²) in [5.74, 6) is 0. The van der Waals surface area contributed by atoms with E-state index in [1.54, 1.807) is 0 Å². The summed E-state index contributed by atoms with van der Waals surface area (Å²) in [6, 6.07) is 10.4. The molecule has 1 aromatic rings. The molecule has 1 aromatic carbocycles. The van der Waals surface area contributed by atoms with Crippen molar-refractivity contribution in [3.05, 3.63) is 35.9 Å². The number of hydrogen-bond acceptors (Lipinski definition) is 2. The Morgan fingerprint density at radius 2 is 1.93 bits per heavy atom. The molecule has 1 fully saturated rings. The molecule has 0 saturated heterocycles. The van der Waals surface area contributed by atoms with Crippen LogP contribution in [-0.4, -0.2) is 30.2 Å². The van der Waals surface area contributed by atoms with Crippen LogP contribution in [0.15, 0.2) is 30.3 Å². The molecule has 1 saturated carbocycles. The summed E-state index contributed by atoms with van der Waals surface area (Å²) in [7, 11) is 4.11. The summed E-state index contributed by atoms with van der Waals surface area (Å²) in [4.78, 5) is 2.17. The van der Waals surface area contributed by atoms with Crippen molar-refractivity contribution in [2.24, 2.45) is 0 Å². The van der Waals surface area contributed by atoms with E-state index in [-0.39, 0.29) is 11.6 Å². The highest BCUT2D eigenvalue weighted by Crippen LogP contribution is 2.42. The minimum absolute atomic E-state index is 0.165. The maximum absolute atomic E-state index is 10.2. The molecule has 0 aliphatic heterocycles. The van der Waals surface area contributed by atoms with Crippen LogP contribution in [0.3, 0.4) is 0 Å². The van der Waals surface area contributed by atoms with Crippen molar-refractivity contribution in [3.63, 3.8) is 0 Å². The van der Waals surface area contributed by atoms with E-state index in [9.17, 15) is 5.11 Å². The monoisotopic (exact) mass is 205 g/mol. The van der Waals surface area contributed by atoms with Gasteiger partial charge < -0.3 is 5.11 Å². The lowest BCUT2D eigenvalue weighted by atomic mass is 9.85. The van der Waals surface area contributed by atoms with Crippen molar-refractivity contribution in [1.29, 1.82) is 0 Å². The number of aliphatic hydroxyl groups is 1. The molecular weight excluding hydrogens is 186 g/mol. The Balaban J connectivity index is 2.44. The van der Waals surface area contributed by atoms with Crippen molar-refractivity contribution in [1.82, 2.24) is 4.90 Å². The minimum atomic E-state index is -0.241. The standard InChI is InChI=1S/C13H19NO/c1-14(2)13(10-6-9-12(13)15)11-7-4-3-5-8-11/h3-5,7-8,12,15H,6,9-10H2,1-2H3/t12?,13-/m0/s1. The molecule has 15 heavy (non-hydrogen) atoms. The Labute approximate surface area is 91.5 Å². The minimum Gasteiger partial charge on any atom is -0.391 e. The zero-order chi connectivity index (χ0) is 10.9. The molecule has 0 bridgehead atoms. The first kappa shape index (κ1) is 10.7. The summed E-state index contributed by atoms with van der Waals surface area (Å²) in [6.45, 7) is 0. The Morgan fingerprint density at radius 3 is 2.40 bits per heavy atom. The number of rotatable bonds is 2. The van der Waals surface area contributed by atoms with Gasteiger partial charge in [0.1, 0.15) is 0 Å². The van der Waals surface area contributed by atoms with Crippen LogP contribution >= 0.6 is 0 Å². The lowest BCUT2D eigenvalue weighted by molar-refractivity contribution is 0.0139. The summed E-state index contributed by atoms with van der Waals surface area (Å²) in [5.41, 5.74) is 1.07. The van der Waals surface area contributed by atoms with Gasteiger partial charge in [0.25, 0.3) is 0 Å². The van der Waals surface area contributed by atoms with E-state index in [1.165, 1.54) is 5.56 Å². The molecule has 0 radical (unpaired) electrons. The fourth-order valence-electron chi connectivity index (χ4n) is 2.81. The number of nitrogens with zero attached hydrogens (tertiary/aromatic N) is 1. The maximum atomic E-state index is 10.2. The van der Waals surface area contributed by atoms with E-state index >= 15 is 0 Å². The molecule has 0 spiro atoms. The molecule has 2 rings (SSSR count). The molecule has 2 heteroatoms. The third-order valence-electron chi connectivity index (χ3n) is 3.66. The second kappa shape index (κ2) is 3.95. The Morgan fingerprint density at radius 1 is 1.27 bits per heavy atom. The number of likely N-dealkylation sites (N-methyl/N-ethyl adjacent to an activating group) is 1. The molecule has 1 aliphatic rings. The van der Waals surface area contributed by atoms with E-state index in [0.717, 1.165) is 19.3 Å². The first-order valence-electron chi connectivity index (χ1n) is 5.59. The number of aliphatic hydroxyl groups excluding tert-OH is 1. The van der Waals surface area contributed by atoms with Gasteiger partial charge in [0.05, 0.1) is 11.6 Å². The van der Waals surface area contributed by atoms with Gasteiger partial charge in [0.15, 0.2) is 0 Å². The third-order valence-corrected chi connectivity index (χ3v) is 3.66. The Kier molecular flexibility index (Phi) is 2.81. The van der Waals surface area contributed by atoms with Gasteiger partial charge in [0.2, 0.25) is 0 Å². The van der Waals surface area contributed by atoms with E-state index in [1.807, 2.05) is 18.2 Å². The highest BCUT2D eigenvalue weighted by atomic mass is 16.3. The van der Waals surface area contributed by atoms with E-state index in [4.69, 9.17) is 0 Å². The second-order valence-electron chi connectivity index (χ2n) is 4.59. The zero-order valence-corrected chi connectivity index (χ0v) is 9.48. The largest absolute Gasteiger partial charge is 0.391 e. The van der Waals surface area contributed by atoms with Gasteiger partial charge in [-0.1, -0.05) is 30.3 Å². The molecule has 2 atom stereocenters. The van der Waals surface area contributed by atoms with Crippen LogP contribution in [-0.2, 0) is 5.54 Å². The van der Waals surface area contributed by atoms with E-state index < -0.39 is 0 Å². The van der Waals surface area contributed by atoms with Crippen LogP contribution in [0, 0.1) is 0 Å². The normalized spacial score (nSPS) is 31.1. The van der Waals surface area contributed by atoms with Gasteiger partial charge in [-0.3, -0.25) is 4.90 Å². The molecule has 1 N–H and O–H groups in total. The van der Waals surface area contributed by atoms with Crippen molar-refractivity contribution in [2.75, 3.05) is 14.1 Å². The fourth-order valence-corrected chi connectivity index (χ4v) is 2.81. The van der Waals surface area contributed by atoms with Crippen LogP contribution < -0.4 is 0 Å².